The lowest BCUT2D eigenvalue weighted by Gasteiger charge is -2.22. The number of hydrogen-bond donors (Lipinski definition) is 2. The number of oxime groups is 1. The first-order valence-electron chi connectivity index (χ1n) is 4.02. The van der Waals surface area contributed by atoms with Gasteiger partial charge in [0.1, 0.15) is 6.10 Å². The number of alkyl halides is 3. The van der Waals surface area contributed by atoms with E-state index < -0.39 is 18.4 Å². The minimum absolute atomic E-state index is 0.205. The summed E-state index contributed by atoms with van der Waals surface area (Å²) in [6.45, 7) is 2.44. The molecule has 0 saturated heterocycles. The van der Waals surface area contributed by atoms with E-state index in [0.29, 0.717) is 0 Å². The van der Waals surface area contributed by atoms with E-state index in [1.807, 2.05) is 0 Å². The molecule has 0 aromatic carbocycles. The van der Waals surface area contributed by atoms with E-state index in [1.54, 1.807) is 6.92 Å². The van der Waals surface area contributed by atoms with Crippen LogP contribution in [0.1, 0.15) is 20.3 Å². The molecule has 0 fully saturated rings. The van der Waals surface area contributed by atoms with Crippen molar-refractivity contribution in [3.8, 4) is 0 Å². The van der Waals surface area contributed by atoms with Gasteiger partial charge in [0.25, 0.3) is 0 Å². The van der Waals surface area contributed by atoms with E-state index in [1.165, 1.54) is 0 Å². The molecule has 0 rings (SSSR count). The molecule has 84 valence electrons. The molecular formula is C7H13F3N2O2. The molecule has 3 N–H and O–H groups in total. The predicted octanol–water partition coefficient (Wildman–Crippen LogP) is 1.48. The van der Waals surface area contributed by atoms with Gasteiger partial charge in [0.15, 0.2) is 11.9 Å². The minimum atomic E-state index is -4.44. The fourth-order valence-corrected chi connectivity index (χ4v) is 0.763. The van der Waals surface area contributed by atoms with Gasteiger partial charge in [0.2, 0.25) is 0 Å². The van der Waals surface area contributed by atoms with Crippen LogP contribution in [0.15, 0.2) is 5.16 Å². The topological polar surface area (TPSA) is 67.8 Å². The molecule has 0 amide bonds. The zero-order valence-corrected chi connectivity index (χ0v) is 7.88. The third-order valence-electron chi connectivity index (χ3n) is 1.65. The van der Waals surface area contributed by atoms with Crippen molar-refractivity contribution in [3.05, 3.63) is 0 Å². The van der Waals surface area contributed by atoms with E-state index in [0.717, 1.165) is 6.92 Å². The Morgan fingerprint density at radius 2 is 2.07 bits per heavy atom. The fourth-order valence-electron chi connectivity index (χ4n) is 0.763. The highest BCUT2D eigenvalue weighted by Gasteiger charge is 2.38. The van der Waals surface area contributed by atoms with Crippen molar-refractivity contribution < 1.29 is 23.1 Å². The molecule has 0 aromatic heterocycles. The molecular weight excluding hydrogens is 201 g/mol. The van der Waals surface area contributed by atoms with Gasteiger partial charge in [-0.2, -0.15) is 13.2 Å². The first kappa shape index (κ1) is 13.0. The van der Waals surface area contributed by atoms with Crippen LogP contribution in [0, 0.1) is 0 Å². The van der Waals surface area contributed by atoms with Crippen LogP contribution in [-0.2, 0) is 4.74 Å². The molecule has 0 radical (unpaired) electrons. The summed E-state index contributed by atoms with van der Waals surface area (Å²) >= 11 is 0. The van der Waals surface area contributed by atoms with E-state index >= 15 is 0 Å². The van der Waals surface area contributed by atoms with Gasteiger partial charge in [0, 0.05) is 0 Å². The molecule has 0 aliphatic carbocycles. The summed E-state index contributed by atoms with van der Waals surface area (Å²) in [5.74, 6) is -0.358. The van der Waals surface area contributed by atoms with Gasteiger partial charge in [-0.25, -0.2) is 0 Å². The summed E-state index contributed by atoms with van der Waals surface area (Å²) in [5.41, 5.74) is 5.13. The van der Waals surface area contributed by atoms with Crippen LogP contribution in [0.5, 0.6) is 0 Å². The average Bonchev–Trinajstić information content (AvgIpc) is 2.10. The third kappa shape index (κ3) is 3.82. The van der Waals surface area contributed by atoms with Crippen molar-refractivity contribution in [1.29, 1.82) is 0 Å². The Labute approximate surface area is 79.5 Å². The zero-order valence-electron chi connectivity index (χ0n) is 7.88. The second kappa shape index (κ2) is 5.04. The van der Waals surface area contributed by atoms with E-state index in [2.05, 4.69) is 9.89 Å². The van der Waals surface area contributed by atoms with Crippen LogP contribution < -0.4 is 5.73 Å². The largest absolute Gasteiger partial charge is 0.414 e. The van der Waals surface area contributed by atoms with Gasteiger partial charge in [-0.15, -0.1) is 0 Å². The van der Waals surface area contributed by atoms with Gasteiger partial charge in [-0.05, 0) is 13.3 Å². The van der Waals surface area contributed by atoms with Gasteiger partial charge in [-0.1, -0.05) is 12.1 Å². The first-order chi connectivity index (χ1) is 6.32. The van der Waals surface area contributed by atoms with Crippen LogP contribution in [0.4, 0.5) is 13.2 Å². The smallest absolute Gasteiger partial charge is 0.409 e. The van der Waals surface area contributed by atoms with Crippen LogP contribution in [0.25, 0.3) is 0 Å². The molecule has 2 unspecified atom stereocenters. The molecule has 0 aliphatic rings. The highest BCUT2D eigenvalue weighted by molar-refractivity contribution is 5.84. The molecule has 4 nitrogen and oxygen atoms in total. The maximum Gasteiger partial charge on any atom is 0.414 e. The van der Waals surface area contributed by atoms with Crippen molar-refractivity contribution in [2.45, 2.75) is 38.7 Å². The van der Waals surface area contributed by atoms with Gasteiger partial charge in [0.05, 0.1) is 0 Å². The molecule has 0 saturated carbocycles. The summed E-state index contributed by atoms with van der Waals surface area (Å²) < 4.78 is 40.7. The summed E-state index contributed by atoms with van der Waals surface area (Å²) in [4.78, 5) is 0. The molecule has 0 bridgehead atoms. The Morgan fingerprint density at radius 1 is 1.57 bits per heavy atom. The Balaban J connectivity index is 4.34. The summed E-state index contributed by atoms with van der Waals surface area (Å²) in [6, 6.07) is 0. The number of ether oxygens (including phenoxy) is 1. The fraction of sp³-hybridized carbons (Fsp3) is 0.857. The lowest BCUT2D eigenvalue weighted by Crippen LogP contribution is -2.39. The van der Waals surface area contributed by atoms with Crippen LogP contribution in [0.3, 0.4) is 0 Å². The maximum absolute atomic E-state index is 12.0. The standard InChI is InChI=1S/C7H13F3N2O2/c1-3-5(6(11)12-13)14-4(2)7(8,9)10/h4-5,13H,3H2,1-2H3,(H2,11,12). The van der Waals surface area contributed by atoms with Crippen molar-refractivity contribution >= 4 is 5.84 Å². The zero-order chi connectivity index (χ0) is 11.4. The number of rotatable bonds is 4. The summed E-state index contributed by atoms with van der Waals surface area (Å²) in [7, 11) is 0. The minimum Gasteiger partial charge on any atom is -0.409 e. The summed E-state index contributed by atoms with van der Waals surface area (Å²) in [6.07, 6.45) is -7.19. The van der Waals surface area contributed by atoms with Crippen LogP contribution in [-0.4, -0.2) is 29.4 Å². The molecule has 0 heterocycles. The second-order valence-electron chi connectivity index (χ2n) is 2.74. The molecule has 0 aliphatic heterocycles. The van der Waals surface area contributed by atoms with Crippen molar-refractivity contribution in [2.75, 3.05) is 0 Å². The number of halogens is 3. The van der Waals surface area contributed by atoms with E-state index in [4.69, 9.17) is 10.9 Å². The Hall–Kier alpha value is -0.980. The maximum atomic E-state index is 12.0. The van der Waals surface area contributed by atoms with Crippen molar-refractivity contribution in [1.82, 2.24) is 0 Å². The van der Waals surface area contributed by atoms with Gasteiger partial charge < -0.3 is 15.7 Å². The number of nitrogens with zero attached hydrogens (tertiary/aromatic N) is 1. The number of amidine groups is 1. The molecule has 2 atom stereocenters. The van der Waals surface area contributed by atoms with Gasteiger partial charge in [-0.3, -0.25) is 0 Å². The quantitative estimate of drug-likeness (QED) is 0.322. The van der Waals surface area contributed by atoms with Crippen LogP contribution in [0.2, 0.25) is 0 Å². The third-order valence-corrected chi connectivity index (χ3v) is 1.65. The molecule has 7 heteroatoms. The second-order valence-corrected chi connectivity index (χ2v) is 2.74. The Kier molecular flexibility index (Phi) is 4.69. The molecule has 0 spiro atoms. The van der Waals surface area contributed by atoms with Gasteiger partial charge >= 0.3 is 6.18 Å². The predicted molar refractivity (Wildman–Crippen MR) is 44.1 cm³/mol. The van der Waals surface area contributed by atoms with Crippen molar-refractivity contribution in [2.24, 2.45) is 10.9 Å². The van der Waals surface area contributed by atoms with Crippen molar-refractivity contribution in [3.63, 3.8) is 0 Å². The Bertz CT molecular complexity index is 206. The SMILES string of the molecule is CCC(OC(C)C(F)(F)F)C(N)=NO. The van der Waals surface area contributed by atoms with E-state index in [-0.39, 0.29) is 12.3 Å². The lowest BCUT2D eigenvalue weighted by atomic mass is 10.2. The monoisotopic (exact) mass is 214 g/mol. The first-order valence-corrected chi connectivity index (χ1v) is 4.02. The highest BCUT2D eigenvalue weighted by Crippen LogP contribution is 2.23. The lowest BCUT2D eigenvalue weighted by molar-refractivity contribution is -0.220. The van der Waals surface area contributed by atoms with E-state index in [9.17, 15) is 13.2 Å². The normalized spacial score (nSPS) is 17.9. The highest BCUT2D eigenvalue weighted by atomic mass is 19.4. The number of hydrogen-bond acceptors (Lipinski definition) is 3. The molecule has 0 aromatic rings. The van der Waals surface area contributed by atoms with Crippen LogP contribution >= 0.6 is 0 Å². The number of nitrogens with two attached hydrogens (primary N) is 1. The average molecular weight is 214 g/mol. The molecule has 14 heavy (non-hydrogen) atoms. The summed E-state index contributed by atoms with van der Waals surface area (Å²) in [5, 5.41) is 10.9. The Morgan fingerprint density at radius 3 is 2.36 bits per heavy atom.